The van der Waals surface area contributed by atoms with Crippen LogP contribution in [-0.4, -0.2) is 37.7 Å². The quantitative estimate of drug-likeness (QED) is 0.842. The molecule has 4 rings (SSSR count). The highest BCUT2D eigenvalue weighted by atomic mass is 16.6. The van der Waals surface area contributed by atoms with Crippen molar-refractivity contribution in [1.82, 2.24) is 5.32 Å². The van der Waals surface area contributed by atoms with E-state index >= 15 is 0 Å². The van der Waals surface area contributed by atoms with Gasteiger partial charge in [-0.3, -0.25) is 9.59 Å². The van der Waals surface area contributed by atoms with Crippen molar-refractivity contribution < 1.29 is 23.8 Å². The minimum atomic E-state index is -0.825. The van der Waals surface area contributed by atoms with E-state index in [0.29, 0.717) is 37.6 Å². The van der Waals surface area contributed by atoms with Crippen molar-refractivity contribution >= 4 is 17.5 Å². The van der Waals surface area contributed by atoms with Crippen molar-refractivity contribution in [3.05, 3.63) is 48.0 Å². The highest BCUT2D eigenvalue weighted by Crippen LogP contribution is 2.31. The van der Waals surface area contributed by atoms with Gasteiger partial charge in [-0.05, 0) is 36.2 Å². The van der Waals surface area contributed by atoms with Crippen LogP contribution in [0.25, 0.3) is 0 Å². The lowest BCUT2D eigenvalue weighted by Crippen LogP contribution is -2.41. The highest BCUT2D eigenvalue weighted by molar-refractivity contribution is 5.99. The summed E-state index contributed by atoms with van der Waals surface area (Å²) >= 11 is 0. The van der Waals surface area contributed by atoms with Gasteiger partial charge in [-0.25, -0.2) is 0 Å². The number of carbonyl (C=O) groups is 2. The Bertz CT molecular complexity index is 867. The normalized spacial score (nSPS) is 17.3. The number of benzene rings is 2. The van der Waals surface area contributed by atoms with Gasteiger partial charge < -0.3 is 24.8 Å². The number of carbonyl (C=O) groups excluding carboxylic acids is 2. The molecular weight excluding hydrogens is 348 g/mol. The Morgan fingerprint density at radius 1 is 1.07 bits per heavy atom. The number of rotatable bonds is 5. The number of anilines is 1. The first-order valence-corrected chi connectivity index (χ1v) is 8.91. The van der Waals surface area contributed by atoms with Crippen molar-refractivity contribution in [1.29, 1.82) is 0 Å². The summed E-state index contributed by atoms with van der Waals surface area (Å²) < 4.78 is 16.7. The molecule has 2 aromatic carbocycles. The van der Waals surface area contributed by atoms with Gasteiger partial charge in [0.05, 0.1) is 12.1 Å². The molecule has 7 nitrogen and oxygen atoms in total. The summed E-state index contributed by atoms with van der Waals surface area (Å²) in [6.07, 6.45) is -0.196. The first kappa shape index (κ1) is 17.2. The Balaban J connectivity index is 1.27. The molecule has 2 heterocycles. The molecule has 0 aromatic heterocycles. The zero-order valence-corrected chi connectivity index (χ0v) is 14.7. The van der Waals surface area contributed by atoms with E-state index in [-0.39, 0.29) is 18.2 Å². The van der Waals surface area contributed by atoms with Gasteiger partial charge in [-0.1, -0.05) is 18.2 Å². The van der Waals surface area contributed by atoms with Crippen LogP contribution in [0.1, 0.15) is 12.0 Å². The van der Waals surface area contributed by atoms with E-state index in [4.69, 9.17) is 14.2 Å². The van der Waals surface area contributed by atoms with Gasteiger partial charge in [0.1, 0.15) is 19.0 Å². The second-order valence-electron chi connectivity index (χ2n) is 6.37. The first-order valence-electron chi connectivity index (χ1n) is 8.91. The molecule has 27 heavy (non-hydrogen) atoms. The minimum Gasteiger partial charge on any atom is -0.486 e. The van der Waals surface area contributed by atoms with E-state index in [1.54, 1.807) is 12.1 Å². The molecule has 2 aromatic rings. The topological polar surface area (TPSA) is 85.9 Å². The minimum absolute atomic E-state index is 0.0265. The fraction of sp³-hybridized carbons (Fsp3) is 0.300. The molecule has 2 N–H and O–H groups in total. The number of hydrogen-bond acceptors (Lipinski definition) is 5. The first-order chi connectivity index (χ1) is 13.2. The summed E-state index contributed by atoms with van der Waals surface area (Å²) in [7, 11) is 0. The predicted molar refractivity (Wildman–Crippen MR) is 98.3 cm³/mol. The molecule has 0 aliphatic carbocycles. The van der Waals surface area contributed by atoms with E-state index in [1.165, 1.54) is 0 Å². The third kappa shape index (κ3) is 3.97. The number of nitrogens with one attached hydrogen (secondary N) is 2. The van der Waals surface area contributed by atoms with Crippen molar-refractivity contribution in [3.63, 3.8) is 0 Å². The SMILES string of the molecule is O=C(CC1Oc2ccccc2NC1=O)NCCc1ccc2c(c1)OCCO2. The van der Waals surface area contributed by atoms with Crippen LogP contribution in [0, 0.1) is 0 Å². The van der Waals surface area contributed by atoms with E-state index in [1.807, 2.05) is 30.3 Å². The molecule has 1 unspecified atom stereocenters. The molecule has 1 atom stereocenters. The molecule has 0 saturated heterocycles. The molecule has 0 bridgehead atoms. The Labute approximate surface area is 156 Å². The van der Waals surface area contributed by atoms with E-state index in [0.717, 1.165) is 17.1 Å². The average Bonchev–Trinajstić information content (AvgIpc) is 2.68. The fourth-order valence-electron chi connectivity index (χ4n) is 3.06. The smallest absolute Gasteiger partial charge is 0.266 e. The summed E-state index contributed by atoms with van der Waals surface area (Å²) in [5, 5.41) is 5.59. The second kappa shape index (κ2) is 7.57. The molecule has 0 radical (unpaired) electrons. The van der Waals surface area contributed by atoms with Crippen LogP contribution < -0.4 is 24.8 Å². The predicted octanol–water partition coefficient (Wildman–Crippen LogP) is 1.91. The van der Waals surface area contributed by atoms with Gasteiger partial charge in [0.2, 0.25) is 5.91 Å². The zero-order valence-electron chi connectivity index (χ0n) is 14.7. The maximum atomic E-state index is 12.2. The van der Waals surface area contributed by atoms with E-state index in [2.05, 4.69) is 10.6 Å². The van der Waals surface area contributed by atoms with Gasteiger partial charge in [0.25, 0.3) is 5.91 Å². The third-order valence-electron chi connectivity index (χ3n) is 4.42. The molecule has 0 spiro atoms. The maximum Gasteiger partial charge on any atom is 0.266 e. The lowest BCUT2D eigenvalue weighted by molar-refractivity contribution is -0.130. The summed E-state index contributed by atoms with van der Waals surface area (Å²) in [6.45, 7) is 1.56. The van der Waals surface area contributed by atoms with E-state index < -0.39 is 6.10 Å². The number of fused-ring (bicyclic) bond motifs is 2. The Morgan fingerprint density at radius 2 is 1.89 bits per heavy atom. The lowest BCUT2D eigenvalue weighted by atomic mass is 10.1. The Morgan fingerprint density at radius 3 is 2.78 bits per heavy atom. The second-order valence-corrected chi connectivity index (χ2v) is 6.37. The van der Waals surface area contributed by atoms with Crippen molar-refractivity contribution in [2.75, 3.05) is 25.1 Å². The average molecular weight is 368 g/mol. The summed E-state index contributed by atoms with van der Waals surface area (Å²) in [5.74, 6) is 1.51. The maximum absolute atomic E-state index is 12.2. The largest absolute Gasteiger partial charge is 0.486 e. The van der Waals surface area contributed by atoms with Crippen LogP contribution in [0.5, 0.6) is 17.2 Å². The number of ether oxygens (including phenoxy) is 3. The van der Waals surface area contributed by atoms with Crippen LogP contribution in [0.15, 0.2) is 42.5 Å². The van der Waals surface area contributed by atoms with Crippen LogP contribution in [-0.2, 0) is 16.0 Å². The summed E-state index contributed by atoms with van der Waals surface area (Å²) in [4.78, 5) is 24.3. The Kier molecular flexibility index (Phi) is 4.82. The van der Waals surface area contributed by atoms with Crippen LogP contribution in [0.4, 0.5) is 5.69 Å². The summed E-state index contributed by atoms with van der Waals surface area (Å²) in [6, 6.07) is 12.9. The lowest BCUT2D eigenvalue weighted by Gasteiger charge is -2.25. The Hall–Kier alpha value is -3.22. The highest BCUT2D eigenvalue weighted by Gasteiger charge is 2.29. The van der Waals surface area contributed by atoms with Crippen LogP contribution >= 0.6 is 0 Å². The molecule has 0 saturated carbocycles. The monoisotopic (exact) mass is 368 g/mol. The molecule has 7 heteroatoms. The van der Waals surface area contributed by atoms with Crippen molar-refractivity contribution in [3.8, 4) is 17.2 Å². The fourth-order valence-corrected chi connectivity index (χ4v) is 3.06. The molecule has 140 valence electrons. The van der Waals surface area contributed by atoms with Crippen LogP contribution in [0.3, 0.4) is 0 Å². The zero-order chi connectivity index (χ0) is 18.6. The molecule has 2 amide bonds. The van der Waals surface area contributed by atoms with Gasteiger partial charge in [-0.15, -0.1) is 0 Å². The molecular formula is C20H20N2O5. The van der Waals surface area contributed by atoms with Crippen LogP contribution in [0.2, 0.25) is 0 Å². The van der Waals surface area contributed by atoms with Crippen molar-refractivity contribution in [2.24, 2.45) is 0 Å². The summed E-state index contributed by atoms with van der Waals surface area (Å²) in [5.41, 5.74) is 1.66. The molecule has 2 aliphatic rings. The van der Waals surface area contributed by atoms with Gasteiger partial charge >= 0.3 is 0 Å². The van der Waals surface area contributed by atoms with Gasteiger partial charge in [-0.2, -0.15) is 0 Å². The van der Waals surface area contributed by atoms with Gasteiger partial charge in [0, 0.05) is 6.54 Å². The van der Waals surface area contributed by atoms with E-state index in [9.17, 15) is 9.59 Å². The molecule has 0 fully saturated rings. The van der Waals surface area contributed by atoms with Crippen molar-refractivity contribution in [2.45, 2.75) is 18.9 Å². The standard InChI is InChI=1S/C20H20N2O5/c23-19(12-18-20(24)22-14-3-1-2-4-15(14)27-18)21-8-7-13-5-6-16-17(11-13)26-10-9-25-16/h1-6,11,18H,7-10,12H2,(H,21,23)(H,22,24). The third-order valence-corrected chi connectivity index (χ3v) is 4.42. The van der Waals surface area contributed by atoms with Gasteiger partial charge in [0.15, 0.2) is 17.6 Å². The number of hydrogen-bond donors (Lipinski definition) is 2. The number of para-hydroxylation sites is 2. The molecule has 2 aliphatic heterocycles. The number of amides is 2.